The molecule has 0 saturated heterocycles. The Hall–Kier alpha value is -0.150. The molecule has 0 N–H and O–H groups in total. The first-order valence-corrected chi connectivity index (χ1v) is 5.48. The fraction of sp³-hybridized carbons (Fsp3) is 0.750. The van der Waals surface area contributed by atoms with Gasteiger partial charge in [0.05, 0.1) is 0 Å². The lowest BCUT2D eigenvalue weighted by Crippen LogP contribution is -2.00. The molecule has 0 radical (unpaired) electrons. The molecule has 12 heavy (non-hydrogen) atoms. The summed E-state index contributed by atoms with van der Waals surface area (Å²) in [5.41, 5.74) is 0. The third-order valence-electron chi connectivity index (χ3n) is 1.60. The molecule has 1 rings (SSSR count). The molecular formula is C8H13ClN2S. The van der Waals surface area contributed by atoms with Crippen LogP contribution in [-0.4, -0.2) is 16.1 Å². The molecule has 68 valence electrons. The number of aromatic nitrogens is 2. The highest BCUT2D eigenvalue weighted by Crippen LogP contribution is 2.15. The summed E-state index contributed by atoms with van der Waals surface area (Å²) in [5.74, 6) is 1.20. The molecule has 0 aliphatic carbocycles. The minimum absolute atomic E-state index is 0.504. The van der Waals surface area contributed by atoms with Crippen molar-refractivity contribution in [2.24, 2.45) is 5.92 Å². The number of aryl methyl sites for hydroxylation is 1. The molecule has 0 amide bonds. The number of hydrogen-bond donors (Lipinski definition) is 0. The van der Waals surface area contributed by atoms with Gasteiger partial charge in [-0.15, -0.1) is 33.1 Å². The fourth-order valence-electron chi connectivity index (χ4n) is 0.866. The van der Waals surface area contributed by atoms with Crippen LogP contribution in [-0.2, 0) is 12.8 Å². The number of nitrogens with zero attached hydrogens (tertiary/aromatic N) is 2. The molecule has 2 nitrogen and oxygen atoms in total. The van der Waals surface area contributed by atoms with E-state index in [0.29, 0.717) is 11.8 Å². The van der Waals surface area contributed by atoms with Crippen molar-refractivity contribution in [3.8, 4) is 0 Å². The van der Waals surface area contributed by atoms with E-state index in [4.69, 9.17) is 11.6 Å². The standard InChI is InChI=1S/C8H13ClN2S/c1-3-7-10-11-8(12-7)4-6(2)5-9/h6H,3-5H2,1-2H3. The van der Waals surface area contributed by atoms with Gasteiger partial charge in [-0.1, -0.05) is 13.8 Å². The molecule has 0 aliphatic rings. The van der Waals surface area contributed by atoms with E-state index in [9.17, 15) is 0 Å². The minimum Gasteiger partial charge on any atom is -0.144 e. The Labute approximate surface area is 82.0 Å². The van der Waals surface area contributed by atoms with Gasteiger partial charge < -0.3 is 0 Å². The minimum atomic E-state index is 0.504. The summed E-state index contributed by atoms with van der Waals surface area (Å²) in [5, 5.41) is 10.4. The van der Waals surface area contributed by atoms with Gasteiger partial charge in [0.1, 0.15) is 10.0 Å². The van der Waals surface area contributed by atoms with Gasteiger partial charge in [-0.05, 0) is 12.3 Å². The smallest absolute Gasteiger partial charge is 0.117 e. The lowest BCUT2D eigenvalue weighted by molar-refractivity contribution is 0.646. The Bertz CT molecular complexity index is 237. The van der Waals surface area contributed by atoms with Crippen LogP contribution in [0, 0.1) is 5.92 Å². The molecule has 0 aromatic carbocycles. The molecule has 0 spiro atoms. The summed E-state index contributed by atoms with van der Waals surface area (Å²) in [6, 6.07) is 0. The number of halogens is 1. The van der Waals surface area contributed by atoms with Crippen molar-refractivity contribution < 1.29 is 0 Å². The van der Waals surface area contributed by atoms with Crippen LogP contribution in [0.2, 0.25) is 0 Å². The zero-order valence-corrected chi connectivity index (χ0v) is 8.95. The summed E-state index contributed by atoms with van der Waals surface area (Å²) in [6.45, 7) is 4.22. The van der Waals surface area contributed by atoms with Gasteiger partial charge in [0, 0.05) is 12.3 Å². The van der Waals surface area contributed by atoms with E-state index in [2.05, 4.69) is 24.0 Å². The van der Waals surface area contributed by atoms with E-state index in [1.54, 1.807) is 11.3 Å². The maximum atomic E-state index is 5.70. The molecule has 1 aromatic rings. The van der Waals surface area contributed by atoms with Crippen molar-refractivity contribution in [3.05, 3.63) is 10.0 Å². The van der Waals surface area contributed by atoms with Gasteiger partial charge in [0.15, 0.2) is 0 Å². The lowest BCUT2D eigenvalue weighted by atomic mass is 10.1. The van der Waals surface area contributed by atoms with Gasteiger partial charge in [-0.2, -0.15) is 0 Å². The predicted molar refractivity (Wildman–Crippen MR) is 52.9 cm³/mol. The highest BCUT2D eigenvalue weighted by molar-refractivity contribution is 7.11. The first kappa shape index (κ1) is 9.93. The van der Waals surface area contributed by atoms with Gasteiger partial charge in [-0.3, -0.25) is 0 Å². The second-order valence-electron chi connectivity index (χ2n) is 2.91. The molecular weight excluding hydrogens is 192 g/mol. The molecule has 0 saturated carbocycles. The van der Waals surface area contributed by atoms with Gasteiger partial charge in [0.2, 0.25) is 0 Å². The van der Waals surface area contributed by atoms with Crippen LogP contribution >= 0.6 is 22.9 Å². The number of rotatable bonds is 4. The average Bonchev–Trinajstić information content (AvgIpc) is 2.52. The molecule has 0 aliphatic heterocycles. The first-order valence-electron chi connectivity index (χ1n) is 4.13. The van der Waals surface area contributed by atoms with Crippen LogP contribution in [0.4, 0.5) is 0 Å². The maximum absolute atomic E-state index is 5.70. The summed E-state index contributed by atoms with van der Waals surface area (Å²) in [7, 11) is 0. The van der Waals surface area contributed by atoms with Gasteiger partial charge in [-0.25, -0.2) is 0 Å². The summed E-state index contributed by atoms with van der Waals surface area (Å²) < 4.78 is 0. The van der Waals surface area contributed by atoms with Crippen molar-refractivity contribution in [2.75, 3.05) is 5.88 Å². The van der Waals surface area contributed by atoms with Crippen LogP contribution in [0.5, 0.6) is 0 Å². The van der Waals surface area contributed by atoms with Crippen molar-refractivity contribution in [1.29, 1.82) is 0 Å². The quantitative estimate of drug-likeness (QED) is 0.705. The first-order chi connectivity index (χ1) is 5.76. The second kappa shape index (κ2) is 4.77. The molecule has 4 heteroatoms. The van der Waals surface area contributed by atoms with Crippen molar-refractivity contribution >= 4 is 22.9 Å². The van der Waals surface area contributed by atoms with E-state index < -0.39 is 0 Å². The Morgan fingerprint density at radius 2 is 2.08 bits per heavy atom. The number of alkyl halides is 1. The van der Waals surface area contributed by atoms with Gasteiger partial charge >= 0.3 is 0 Å². The van der Waals surface area contributed by atoms with Gasteiger partial charge in [0.25, 0.3) is 0 Å². The van der Waals surface area contributed by atoms with E-state index in [1.807, 2.05) is 0 Å². The zero-order valence-electron chi connectivity index (χ0n) is 7.38. The van der Waals surface area contributed by atoms with Crippen LogP contribution < -0.4 is 0 Å². The van der Waals surface area contributed by atoms with Crippen LogP contribution in [0.1, 0.15) is 23.9 Å². The van der Waals surface area contributed by atoms with Crippen molar-refractivity contribution in [1.82, 2.24) is 10.2 Å². The van der Waals surface area contributed by atoms with Crippen molar-refractivity contribution in [3.63, 3.8) is 0 Å². The summed E-state index contributed by atoms with van der Waals surface area (Å²) in [4.78, 5) is 0. The zero-order chi connectivity index (χ0) is 8.97. The van der Waals surface area contributed by atoms with Crippen molar-refractivity contribution in [2.45, 2.75) is 26.7 Å². The summed E-state index contributed by atoms with van der Waals surface area (Å²) in [6.07, 6.45) is 1.94. The highest BCUT2D eigenvalue weighted by atomic mass is 35.5. The fourth-order valence-corrected chi connectivity index (χ4v) is 1.92. The second-order valence-corrected chi connectivity index (χ2v) is 4.36. The third-order valence-corrected chi connectivity index (χ3v) is 3.21. The highest BCUT2D eigenvalue weighted by Gasteiger charge is 2.06. The monoisotopic (exact) mass is 204 g/mol. The molecule has 0 bridgehead atoms. The van der Waals surface area contributed by atoms with E-state index in [0.717, 1.165) is 22.9 Å². The number of hydrogen-bond acceptors (Lipinski definition) is 3. The molecule has 1 heterocycles. The predicted octanol–water partition coefficient (Wildman–Crippen LogP) is 2.52. The summed E-state index contributed by atoms with van der Waals surface area (Å²) >= 11 is 7.39. The normalized spacial score (nSPS) is 13.2. The molecule has 1 atom stereocenters. The van der Waals surface area contributed by atoms with Crippen LogP contribution in [0.3, 0.4) is 0 Å². The van der Waals surface area contributed by atoms with E-state index in [1.165, 1.54) is 0 Å². The van der Waals surface area contributed by atoms with Crippen LogP contribution in [0.15, 0.2) is 0 Å². The Balaban J connectivity index is 2.52. The molecule has 1 unspecified atom stereocenters. The Morgan fingerprint density at radius 3 is 2.58 bits per heavy atom. The Kier molecular flexibility index (Phi) is 3.95. The molecule has 1 aromatic heterocycles. The largest absolute Gasteiger partial charge is 0.144 e. The lowest BCUT2D eigenvalue weighted by Gasteiger charge is -2.01. The van der Waals surface area contributed by atoms with E-state index >= 15 is 0 Å². The topological polar surface area (TPSA) is 25.8 Å². The third kappa shape index (κ3) is 2.72. The Morgan fingerprint density at radius 1 is 1.42 bits per heavy atom. The van der Waals surface area contributed by atoms with E-state index in [-0.39, 0.29) is 0 Å². The molecule has 0 fully saturated rings. The SMILES string of the molecule is CCc1nnc(CC(C)CCl)s1. The maximum Gasteiger partial charge on any atom is 0.117 e. The van der Waals surface area contributed by atoms with Crippen LogP contribution in [0.25, 0.3) is 0 Å². The average molecular weight is 205 g/mol.